The molecule has 0 amide bonds. The minimum atomic E-state index is -0.691. The number of nitrogens with zero attached hydrogens (tertiary/aromatic N) is 4. The standard InChI is InChI=1S/C16H22N8O6S2/c1-29-15(27)13-21-17-11(18-22-13)9(25)5-3-7-31-32-8-4-6-10(26)12-19-23-14(24-20-12)16(28)30-2/h3-8H2,1-2H3,(H,17,18)(H,19,20)(H,21,22)(H,23,24). The van der Waals surface area contributed by atoms with Gasteiger partial charge < -0.3 is 9.47 Å². The molecule has 32 heavy (non-hydrogen) atoms. The summed E-state index contributed by atoms with van der Waals surface area (Å²) >= 11 is 0. The van der Waals surface area contributed by atoms with Crippen LogP contribution in [-0.4, -0.2) is 72.6 Å². The van der Waals surface area contributed by atoms with Crippen LogP contribution in [0.4, 0.5) is 0 Å². The molecule has 0 atom stereocenters. The van der Waals surface area contributed by atoms with Gasteiger partial charge in [-0.05, 0) is 12.8 Å². The molecule has 174 valence electrons. The Labute approximate surface area is 190 Å². The SMILES string of the molecule is COC(=O)C1=NNC(C(=O)CCCSSCCCC(=O)C2=NNC(C(=O)OC)=NN2)=NN1. The van der Waals surface area contributed by atoms with Crippen LogP contribution in [0.3, 0.4) is 0 Å². The Morgan fingerprint density at radius 2 is 1.00 bits per heavy atom. The van der Waals surface area contributed by atoms with E-state index in [4.69, 9.17) is 0 Å². The highest BCUT2D eigenvalue weighted by molar-refractivity contribution is 8.76. The van der Waals surface area contributed by atoms with Crippen LogP contribution in [0.25, 0.3) is 0 Å². The van der Waals surface area contributed by atoms with Crippen molar-refractivity contribution >= 4 is 68.4 Å². The fraction of sp³-hybridized carbons (Fsp3) is 0.500. The molecule has 0 unspecified atom stereocenters. The lowest BCUT2D eigenvalue weighted by molar-refractivity contribution is -0.133. The van der Waals surface area contributed by atoms with Gasteiger partial charge >= 0.3 is 11.9 Å². The molecule has 2 rings (SSSR count). The normalized spacial score (nSPS) is 14.7. The van der Waals surface area contributed by atoms with Gasteiger partial charge in [0.25, 0.3) is 11.7 Å². The molecule has 16 heteroatoms. The van der Waals surface area contributed by atoms with Gasteiger partial charge in [0.2, 0.25) is 23.2 Å². The predicted molar refractivity (Wildman–Crippen MR) is 120 cm³/mol. The van der Waals surface area contributed by atoms with E-state index in [-0.39, 0.29) is 47.8 Å². The topological polar surface area (TPSA) is 184 Å². The second-order valence-electron chi connectivity index (χ2n) is 5.97. The number of carbonyl (C=O) groups is 4. The Kier molecular flexibility index (Phi) is 10.5. The number of carbonyl (C=O) groups excluding carboxylic acids is 4. The first kappa shape index (κ1) is 25.1. The number of ether oxygens (including phenoxy) is 2. The zero-order valence-corrected chi connectivity index (χ0v) is 18.9. The summed E-state index contributed by atoms with van der Waals surface area (Å²) in [6.45, 7) is 0. The number of Topliss-reactive ketones (excluding diaryl/α,β-unsaturated/α-hetero) is 2. The van der Waals surface area contributed by atoms with Crippen LogP contribution in [0.2, 0.25) is 0 Å². The third-order valence-corrected chi connectivity index (χ3v) is 6.30. The van der Waals surface area contributed by atoms with E-state index in [0.717, 1.165) is 11.5 Å². The van der Waals surface area contributed by atoms with Gasteiger partial charge in [-0.2, -0.15) is 10.2 Å². The van der Waals surface area contributed by atoms with Gasteiger partial charge in [-0.1, -0.05) is 21.6 Å². The van der Waals surface area contributed by atoms with Crippen LogP contribution < -0.4 is 21.7 Å². The van der Waals surface area contributed by atoms with E-state index < -0.39 is 11.9 Å². The summed E-state index contributed by atoms with van der Waals surface area (Å²) in [4.78, 5) is 46.6. The fourth-order valence-electron chi connectivity index (χ4n) is 2.10. The van der Waals surface area contributed by atoms with Crippen molar-refractivity contribution in [3.63, 3.8) is 0 Å². The van der Waals surface area contributed by atoms with Gasteiger partial charge in [-0.3, -0.25) is 31.3 Å². The summed E-state index contributed by atoms with van der Waals surface area (Å²) < 4.78 is 8.96. The average molecular weight is 487 g/mol. The number of hydrogen-bond acceptors (Lipinski definition) is 16. The van der Waals surface area contributed by atoms with Gasteiger partial charge in [0, 0.05) is 24.3 Å². The van der Waals surface area contributed by atoms with Crippen LogP contribution >= 0.6 is 21.6 Å². The molecule has 0 saturated carbocycles. The molecule has 0 aromatic heterocycles. The summed E-state index contributed by atoms with van der Waals surface area (Å²) in [5, 5.41) is 14.9. The predicted octanol–water partition coefficient (Wildman–Crippen LogP) is -0.948. The largest absolute Gasteiger partial charge is 0.463 e. The first-order valence-corrected chi connectivity index (χ1v) is 11.8. The van der Waals surface area contributed by atoms with Gasteiger partial charge in [-0.15, -0.1) is 10.2 Å². The third-order valence-electron chi connectivity index (χ3n) is 3.73. The number of hydrazone groups is 4. The highest BCUT2D eigenvalue weighted by Crippen LogP contribution is 2.23. The van der Waals surface area contributed by atoms with Crippen molar-refractivity contribution in [1.82, 2.24) is 21.7 Å². The van der Waals surface area contributed by atoms with Gasteiger partial charge in [0.15, 0.2) is 0 Å². The molecule has 2 aliphatic heterocycles. The Balaban J connectivity index is 1.51. The van der Waals surface area contributed by atoms with Crippen molar-refractivity contribution in [2.45, 2.75) is 25.7 Å². The van der Waals surface area contributed by atoms with E-state index in [1.807, 2.05) is 0 Å². The number of rotatable bonds is 13. The smallest absolute Gasteiger partial charge is 0.377 e. The van der Waals surface area contributed by atoms with E-state index >= 15 is 0 Å². The Bertz CT molecular complexity index is 803. The Morgan fingerprint density at radius 1 is 0.656 bits per heavy atom. The molecule has 0 aliphatic carbocycles. The fourth-order valence-corrected chi connectivity index (χ4v) is 4.27. The first-order chi connectivity index (χ1) is 15.5. The number of amidine groups is 4. The molecule has 0 fully saturated rings. The summed E-state index contributed by atoms with van der Waals surface area (Å²) in [6.07, 6.45) is 1.82. The average Bonchev–Trinajstić information content (AvgIpc) is 2.84. The molecule has 14 nitrogen and oxygen atoms in total. The maximum atomic E-state index is 12.1. The highest BCUT2D eigenvalue weighted by Gasteiger charge is 2.20. The molecule has 2 aliphatic rings. The molecular weight excluding hydrogens is 464 g/mol. The Hall–Kier alpha value is -3.14. The summed E-state index contributed by atoms with van der Waals surface area (Å²) in [6, 6.07) is 0. The molecular formula is C16H22N8O6S2. The molecule has 0 aromatic rings. The van der Waals surface area contributed by atoms with E-state index in [1.54, 1.807) is 21.6 Å². The van der Waals surface area contributed by atoms with Gasteiger partial charge in [0.1, 0.15) is 0 Å². The molecule has 0 saturated heterocycles. The quantitative estimate of drug-likeness (QED) is 0.142. The molecule has 0 spiro atoms. The lowest BCUT2D eigenvalue weighted by atomic mass is 10.2. The maximum Gasteiger partial charge on any atom is 0.377 e. The van der Waals surface area contributed by atoms with Gasteiger partial charge in [-0.25, -0.2) is 9.59 Å². The summed E-state index contributed by atoms with van der Waals surface area (Å²) in [5.74, 6) is -0.548. The molecule has 2 heterocycles. The van der Waals surface area contributed by atoms with E-state index in [1.165, 1.54) is 14.2 Å². The summed E-state index contributed by atoms with van der Waals surface area (Å²) in [5.41, 5.74) is 9.60. The van der Waals surface area contributed by atoms with Crippen LogP contribution in [0.15, 0.2) is 20.4 Å². The van der Waals surface area contributed by atoms with Crippen LogP contribution in [0.1, 0.15) is 25.7 Å². The molecule has 0 bridgehead atoms. The summed E-state index contributed by atoms with van der Waals surface area (Å²) in [7, 11) is 5.62. The number of nitrogens with one attached hydrogen (secondary N) is 4. The minimum Gasteiger partial charge on any atom is -0.463 e. The zero-order valence-electron chi connectivity index (χ0n) is 17.3. The number of methoxy groups -OCH3 is 2. The lowest BCUT2D eigenvalue weighted by Crippen LogP contribution is -2.41. The van der Waals surface area contributed by atoms with E-state index in [9.17, 15) is 19.2 Å². The van der Waals surface area contributed by atoms with Crippen molar-refractivity contribution in [3.8, 4) is 0 Å². The minimum absolute atomic E-state index is 0.0330. The van der Waals surface area contributed by atoms with Crippen LogP contribution in [-0.2, 0) is 28.7 Å². The lowest BCUT2D eigenvalue weighted by Gasteiger charge is -2.12. The molecule has 0 aromatic carbocycles. The van der Waals surface area contributed by atoms with Gasteiger partial charge in [0.05, 0.1) is 14.2 Å². The van der Waals surface area contributed by atoms with Crippen molar-refractivity contribution in [2.75, 3.05) is 25.7 Å². The maximum absolute atomic E-state index is 12.1. The third kappa shape index (κ3) is 7.84. The zero-order chi connectivity index (χ0) is 23.3. The van der Waals surface area contributed by atoms with Crippen molar-refractivity contribution in [3.05, 3.63) is 0 Å². The molecule has 0 radical (unpaired) electrons. The second-order valence-corrected chi connectivity index (χ2v) is 8.67. The van der Waals surface area contributed by atoms with Crippen molar-refractivity contribution in [1.29, 1.82) is 0 Å². The van der Waals surface area contributed by atoms with Crippen molar-refractivity contribution < 1.29 is 28.7 Å². The van der Waals surface area contributed by atoms with Crippen LogP contribution in [0.5, 0.6) is 0 Å². The number of ketones is 2. The van der Waals surface area contributed by atoms with Crippen LogP contribution in [0, 0.1) is 0 Å². The Morgan fingerprint density at radius 3 is 1.31 bits per heavy atom. The molecule has 4 N–H and O–H groups in total. The monoisotopic (exact) mass is 486 g/mol. The first-order valence-electron chi connectivity index (χ1n) is 9.28. The highest BCUT2D eigenvalue weighted by atomic mass is 33.1. The number of esters is 2. The second kappa shape index (κ2) is 13.3. The van der Waals surface area contributed by atoms with E-state index in [0.29, 0.717) is 12.8 Å². The van der Waals surface area contributed by atoms with E-state index in [2.05, 4.69) is 51.6 Å². The number of hydrogen-bond donors (Lipinski definition) is 4. The van der Waals surface area contributed by atoms with Crippen molar-refractivity contribution in [2.24, 2.45) is 20.4 Å².